The molecule has 0 bridgehead atoms. The van der Waals surface area contributed by atoms with Crippen LogP contribution in [-0.2, 0) is 0 Å². The first-order valence-electron chi connectivity index (χ1n) is 5.63. The zero-order valence-corrected chi connectivity index (χ0v) is 12.4. The molecule has 0 saturated carbocycles. The Kier molecular flexibility index (Phi) is 4.86. The molecule has 19 heavy (non-hydrogen) atoms. The van der Waals surface area contributed by atoms with Crippen molar-refractivity contribution in [2.24, 2.45) is 5.92 Å². The number of nitro benzene ring substituents is 1. The van der Waals surface area contributed by atoms with Crippen LogP contribution < -0.4 is 4.74 Å². The molecule has 0 aromatic heterocycles. The summed E-state index contributed by atoms with van der Waals surface area (Å²) in [5, 5.41) is 20.9. The second-order valence-corrected chi connectivity index (χ2v) is 5.65. The molecule has 0 heterocycles. The average Bonchev–Trinajstić information content (AvgIpc) is 2.29. The number of nitrogens with zero attached hydrogens (tertiary/aromatic N) is 1. The Morgan fingerprint density at radius 3 is 2.63 bits per heavy atom. The maximum Gasteiger partial charge on any atom is 0.312 e. The molecule has 1 N–H and O–H groups in total. The van der Waals surface area contributed by atoms with Gasteiger partial charge in [-0.25, -0.2) is 4.39 Å². The third-order valence-electron chi connectivity index (χ3n) is 2.96. The molecule has 0 aliphatic rings. The number of aliphatic hydroxyl groups is 1. The molecule has 7 heteroatoms. The monoisotopic (exact) mass is 335 g/mol. The molecule has 1 aromatic carbocycles. The summed E-state index contributed by atoms with van der Waals surface area (Å²) >= 11 is 2.88. The molecular weight excluding hydrogens is 321 g/mol. The van der Waals surface area contributed by atoms with Gasteiger partial charge in [-0.15, -0.1) is 0 Å². The number of hydrogen-bond donors (Lipinski definition) is 1. The Morgan fingerprint density at radius 1 is 1.58 bits per heavy atom. The molecule has 106 valence electrons. The van der Waals surface area contributed by atoms with Crippen LogP contribution in [0.5, 0.6) is 5.75 Å². The van der Waals surface area contributed by atoms with Gasteiger partial charge in [0.2, 0.25) is 0 Å². The molecule has 0 saturated heterocycles. The van der Waals surface area contributed by atoms with E-state index in [1.165, 1.54) is 0 Å². The van der Waals surface area contributed by atoms with Crippen LogP contribution in [0.15, 0.2) is 16.6 Å². The lowest BCUT2D eigenvalue weighted by Gasteiger charge is -2.27. The van der Waals surface area contributed by atoms with Crippen LogP contribution in [-0.4, -0.2) is 22.2 Å². The maximum absolute atomic E-state index is 13.4. The number of benzene rings is 1. The smallest absolute Gasteiger partial charge is 0.312 e. The predicted molar refractivity (Wildman–Crippen MR) is 71.7 cm³/mol. The van der Waals surface area contributed by atoms with Crippen LogP contribution in [0.3, 0.4) is 0 Å². The zero-order chi connectivity index (χ0) is 14.8. The fourth-order valence-corrected chi connectivity index (χ4v) is 1.50. The Labute approximate surface area is 118 Å². The van der Waals surface area contributed by atoms with Crippen molar-refractivity contribution >= 4 is 21.6 Å². The first-order valence-corrected chi connectivity index (χ1v) is 6.43. The lowest BCUT2D eigenvalue weighted by molar-refractivity contribution is -0.386. The van der Waals surface area contributed by atoms with Crippen molar-refractivity contribution in [1.82, 2.24) is 0 Å². The fraction of sp³-hybridized carbons (Fsp3) is 0.500. The van der Waals surface area contributed by atoms with E-state index < -0.39 is 16.3 Å². The van der Waals surface area contributed by atoms with Crippen molar-refractivity contribution < 1.29 is 19.2 Å². The highest BCUT2D eigenvalue weighted by atomic mass is 79.9. The van der Waals surface area contributed by atoms with Crippen LogP contribution >= 0.6 is 15.9 Å². The first kappa shape index (κ1) is 15.8. The third kappa shape index (κ3) is 3.87. The largest absolute Gasteiger partial charge is 0.484 e. The van der Waals surface area contributed by atoms with Crippen LogP contribution in [0.2, 0.25) is 0 Å². The van der Waals surface area contributed by atoms with E-state index in [1.54, 1.807) is 20.8 Å². The molecule has 1 unspecified atom stereocenters. The summed E-state index contributed by atoms with van der Waals surface area (Å²) in [6.07, 6.45) is 0. The lowest BCUT2D eigenvalue weighted by atomic mass is 9.94. The van der Waals surface area contributed by atoms with E-state index in [-0.39, 0.29) is 28.4 Å². The molecule has 1 atom stereocenters. The minimum Gasteiger partial charge on any atom is -0.484 e. The highest BCUT2D eigenvalue weighted by Gasteiger charge is 2.28. The molecule has 0 fully saturated rings. The summed E-state index contributed by atoms with van der Waals surface area (Å²) in [4.78, 5) is 10.2. The molecule has 0 radical (unpaired) electrons. The molecule has 0 aliphatic carbocycles. The molecule has 0 amide bonds. The van der Waals surface area contributed by atoms with E-state index >= 15 is 0 Å². The van der Waals surface area contributed by atoms with Gasteiger partial charge in [0.1, 0.15) is 12.4 Å². The van der Waals surface area contributed by atoms with Crippen LogP contribution in [0.1, 0.15) is 20.8 Å². The van der Waals surface area contributed by atoms with Gasteiger partial charge in [-0.2, -0.15) is 0 Å². The van der Waals surface area contributed by atoms with E-state index in [9.17, 15) is 19.6 Å². The molecular formula is C12H15BrFNO4. The second-order valence-electron chi connectivity index (χ2n) is 4.79. The number of nitro groups is 1. The second kappa shape index (κ2) is 5.83. The molecule has 0 spiro atoms. The summed E-state index contributed by atoms with van der Waals surface area (Å²) < 4.78 is 18.6. The number of rotatable bonds is 5. The number of halogens is 2. The summed E-state index contributed by atoms with van der Waals surface area (Å²) in [6, 6.07) is 1.97. The van der Waals surface area contributed by atoms with Gasteiger partial charge in [0.25, 0.3) is 0 Å². The van der Waals surface area contributed by atoms with Crippen molar-refractivity contribution in [1.29, 1.82) is 0 Å². The average molecular weight is 336 g/mol. The van der Waals surface area contributed by atoms with Crippen molar-refractivity contribution in [2.75, 3.05) is 6.61 Å². The van der Waals surface area contributed by atoms with Gasteiger partial charge in [0.15, 0.2) is 5.75 Å². The van der Waals surface area contributed by atoms with Crippen molar-refractivity contribution in [3.8, 4) is 5.75 Å². The third-order valence-corrected chi connectivity index (χ3v) is 3.57. The first-order chi connectivity index (χ1) is 8.65. The van der Waals surface area contributed by atoms with E-state index in [4.69, 9.17) is 4.74 Å². The van der Waals surface area contributed by atoms with E-state index in [1.807, 2.05) is 0 Å². The Morgan fingerprint density at radius 2 is 2.16 bits per heavy atom. The zero-order valence-electron chi connectivity index (χ0n) is 10.8. The Bertz CT molecular complexity index is 491. The highest BCUT2D eigenvalue weighted by Crippen LogP contribution is 2.33. The standard InChI is InChI=1S/C12H15BrFNO4/c1-7(2)12(3,16)6-19-11-5-9(14)8(13)4-10(11)15(17)18/h4-5,7,16H,6H2,1-3H3. The lowest BCUT2D eigenvalue weighted by Crippen LogP contribution is -2.37. The van der Waals surface area contributed by atoms with Crippen LogP contribution in [0.4, 0.5) is 10.1 Å². The maximum atomic E-state index is 13.4. The summed E-state index contributed by atoms with van der Waals surface area (Å²) in [5.41, 5.74) is -1.51. The predicted octanol–water partition coefficient (Wildman–Crippen LogP) is 3.28. The van der Waals surface area contributed by atoms with E-state index in [2.05, 4.69) is 15.9 Å². The van der Waals surface area contributed by atoms with Crippen molar-refractivity contribution in [2.45, 2.75) is 26.4 Å². The Balaban J connectivity index is 3.01. The van der Waals surface area contributed by atoms with Crippen LogP contribution in [0.25, 0.3) is 0 Å². The number of ether oxygens (including phenoxy) is 1. The summed E-state index contributed by atoms with van der Waals surface area (Å²) in [7, 11) is 0. The minimum absolute atomic E-state index is 0.0119. The Hall–Kier alpha value is -1.21. The van der Waals surface area contributed by atoms with E-state index in [0.717, 1.165) is 12.1 Å². The molecule has 1 rings (SSSR count). The quantitative estimate of drug-likeness (QED) is 0.662. The van der Waals surface area contributed by atoms with Crippen molar-refractivity contribution in [3.63, 3.8) is 0 Å². The summed E-state index contributed by atoms with van der Waals surface area (Å²) in [6.45, 7) is 4.98. The SMILES string of the molecule is CC(C)C(C)(O)COc1cc(F)c(Br)cc1[N+](=O)[O-]. The van der Waals surface area contributed by atoms with Gasteiger partial charge in [0.05, 0.1) is 15.0 Å². The fourth-order valence-electron chi connectivity index (χ4n) is 1.17. The number of hydrogen-bond acceptors (Lipinski definition) is 4. The van der Waals surface area contributed by atoms with Gasteiger partial charge >= 0.3 is 5.69 Å². The van der Waals surface area contributed by atoms with Crippen molar-refractivity contribution in [3.05, 3.63) is 32.5 Å². The van der Waals surface area contributed by atoms with Gasteiger partial charge in [-0.3, -0.25) is 10.1 Å². The molecule has 5 nitrogen and oxygen atoms in total. The van der Waals surface area contributed by atoms with E-state index in [0.29, 0.717) is 0 Å². The molecule has 0 aliphatic heterocycles. The van der Waals surface area contributed by atoms with Crippen LogP contribution in [0, 0.1) is 21.8 Å². The van der Waals surface area contributed by atoms with Gasteiger partial charge in [-0.05, 0) is 28.8 Å². The highest BCUT2D eigenvalue weighted by molar-refractivity contribution is 9.10. The topological polar surface area (TPSA) is 72.6 Å². The summed E-state index contributed by atoms with van der Waals surface area (Å²) in [5.74, 6) is -0.969. The molecule has 1 aromatic rings. The van der Waals surface area contributed by atoms with Gasteiger partial charge in [0, 0.05) is 12.1 Å². The minimum atomic E-state index is -1.16. The normalized spacial score (nSPS) is 14.3. The van der Waals surface area contributed by atoms with Gasteiger partial charge in [-0.1, -0.05) is 13.8 Å². The van der Waals surface area contributed by atoms with Gasteiger partial charge < -0.3 is 9.84 Å².